The lowest BCUT2D eigenvalue weighted by molar-refractivity contribution is -0.121. The molecule has 3 aromatic carbocycles. The Bertz CT molecular complexity index is 1430. The lowest BCUT2D eigenvalue weighted by atomic mass is 10.1. The minimum Gasteiger partial charge on any atom is -0.489 e. The lowest BCUT2D eigenvalue weighted by Gasteiger charge is -2.09. The summed E-state index contributed by atoms with van der Waals surface area (Å²) in [6.07, 6.45) is 3.78. The van der Waals surface area contributed by atoms with Crippen molar-refractivity contribution in [3.8, 4) is 22.7 Å². The molecular formula is C28H22FN3O2S2. The van der Waals surface area contributed by atoms with Crippen LogP contribution in [0.2, 0.25) is 0 Å². The minimum atomic E-state index is -0.272. The highest BCUT2D eigenvalue weighted by Crippen LogP contribution is 2.35. The fourth-order valence-electron chi connectivity index (χ4n) is 3.80. The molecule has 1 fully saturated rings. The Morgan fingerprint density at radius 1 is 1.03 bits per heavy atom. The number of hydrogen-bond donors (Lipinski definition) is 0. The maximum atomic E-state index is 13.1. The molecule has 0 bridgehead atoms. The third-order valence-corrected chi connectivity index (χ3v) is 7.06. The van der Waals surface area contributed by atoms with Gasteiger partial charge in [0.05, 0.1) is 16.3 Å². The van der Waals surface area contributed by atoms with Gasteiger partial charge in [0.2, 0.25) is 0 Å². The maximum Gasteiger partial charge on any atom is 0.266 e. The molecular weight excluding hydrogens is 493 g/mol. The largest absolute Gasteiger partial charge is 0.489 e. The van der Waals surface area contributed by atoms with E-state index in [-0.39, 0.29) is 11.7 Å². The van der Waals surface area contributed by atoms with Crippen LogP contribution in [0.4, 0.5) is 4.39 Å². The van der Waals surface area contributed by atoms with Gasteiger partial charge in [0.15, 0.2) is 0 Å². The van der Waals surface area contributed by atoms with Crippen LogP contribution in [0.15, 0.2) is 90.0 Å². The maximum absolute atomic E-state index is 13.1. The fourth-order valence-corrected chi connectivity index (χ4v) is 5.18. The summed E-state index contributed by atoms with van der Waals surface area (Å²) in [5, 5.41) is 4.84. The van der Waals surface area contributed by atoms with Crippen molar-refractivity contribution in [2.75, 3.05) is 6.54 Å². The highest BCUT2D eigenvalue weighted by Gasteiger charge is 2.31. The van der Waals surface area contributed by atoms with E-state index in [2.05, 4.69) is 0 Å². The van der Waals surface area contributed by atoms with Crippen molar-refractivity contribution < 1.29 is 13.9 Å². The van der Waals surface area contributed by atoms with Gasteiger partial charge in [-0.2, -0.15) is 5.10 Å². The molecule has 1 aliphatic rings. The Hall–Kier alpha value is -3.75. The zero-order valence-electron chi connectivity index (χ0n) is 19.4. The average molecular weight is 516 g/mol. The van der Waals surface area contributed by atoms with Crippen LogP contribution in [0.3, 0.4) is 0 Å². The number of thioether (sulfide) groups is 1. The first-order valence-corrected chi connectivity index (χ1v) is 12.6. The molecule has 0 aliphatic carbocycles. The van der Waals surface area contributed by atoms with E-state index in [0.29, 0.717) is 28.1 Å². The highest BCUT2D eigenvalue weighted by atomic mass is 32.2. The summed E-state index contributed by atoms with van der Waals surface area (Å²) in [4.78, 5) is 15.0. The van der Waals surface area contributed by atoms with Crippen molar-refractivity contribution in [1.29, 1.82) is 0 Å². The summed E-state index contributed by atoms with van der Waals surface area (Å²) in [7, 11) is 0. The minimum absolute atomic E-state index is 0.0875. The van der Waals surface area contributed by atoms with Crippen LogP contribution < -0.4 is 4.74 Å². The Morgan fingerprint density at radius 2 is 1.75 bits per heavy atom. The van der Waals surface area contributed by atoms with Crippen LogP contribution in [-0.2, 0) is 11.4 Å². The molecule has 1 amide bonds. The first kappa shape index (κ1) is 24.0. The molecule has 5 nitrogen and oxygen atoms in total. The normalized spacial score (nSPS) is 14.6. The molecule has 180 valence electrons. The summed E-state index contributed by atoms with van der Waals surface area (Å²) in [6.45, 7) is 2.79. The Labute approximate surface area is 218 Å². The number of benzene rings is 3. The molecule has 1 saturated heterocycles. The Kier molecular flexibility index (Phi) is 6.97. The molecule has 0 radical (unpaired) electrons. The van der Waals surface area contributed by atoms with Crippen LogP contribution >= 0.6 is 24.0 Å². The molecule has 36 heavy (non-hydrogen) atoms. The van der Waals surface area contributed by atoms with Crippen LogP contribution in [0.25, 0.3) is 23.0 Å². The van der Waals surface area contributed by atoms with E-state index in [1.165, 1.54) is 23.9 Å². The first-order valence-electron chi connectivity index (χ1n) is 11.4. The quantitative estimate of drug-likeness (QED) is 0.208. The second-order valence-corrected chi connectivity index (χ2v) is 9.75. The van der Waals surface area contributed by atoms with E-state index in [4.69, 9.17) is 22.1 Å². The van der Waals surface area contributed by atoms with Gasteiger partial charge in [-0.25, -0.2) is 9.07 Å². The number of para-hydroxylation sites is 1. The highest BCUT2D eigenvalue weighted by molar-refractivity contribution is 8.26. The number of carbonyl (C=O) groups excluding carboxylic acids is 1. The summed E-state index contributed by atoms with van der Waals surface area (Å²) < 4.78 is 21.3. The van der Waals surface area contributed by atoms with Crippen molar-refractivity contribution in [2.24, 2.45) is 0 Å². The van der Waals surface area contributed by atoms with Crippen molar-refractivity contribution in [3.63, 3.8) is 0 Å². The van der Waals surface area contributed by atoms with E-state index < -0.39 is 0 Å². The summed E-state index contributed by atoms with van der Waals surface area (Å²) in [5.41, 5.74) is 4.24. The Balaban J connectivity index is 1.45. The molecule has 2 heterocycles. The van der Waals surface area contributed by atoms with Gasteiger partial charge in [0.25, 0.3) is 5.91 Å². The van der Waals surface area contributed by atoms with Gasteiger partial charge in [-0.05, 0) is 67.1 Å². The number of aromatic nitrogens is 2. The van der Waals surface area contributed by atoms with Gasteiger partial charge in [-0.15, -0.1) is 0 Å². The van der Waals surface area contributed by atoms with Crippen molar-refractivity contribution in [1.82, 2.24) is 14.7 Å². The number of amides is 1. The molecule has 0 saturated carbocycles. The van der Waals surface area contributed by atoms with Crippen molar-refractivity contribution >= 4 is 40.3 Å². The molecule has 1 aromatic heterocycles. The second kappa shape index (κ2) is 10.5. The van der Waals surface area contributed by atoms with E-state index in [9.17, 15) is 9.18 Å². The smallest absolute Gasteiger partial charge is 0.266 e. The summed E-state index contributed by atoms with van der Waals surface area (Å²) in [6, 6.07) is 23.7. The van der Waals surface area contributed by atoms with Gasteiger partial charge in [0, 0.05) is 23.9 Å². The zero-order valence-corrected chi connectivity index (χ0v) is 21.1. The summed E-state index contributed by atoms with van der Waals surface area (Å²) in [5.74, 6) is 0.331. The number of likely N-dealkylation sites (N-methyl/N-ethyl adjacent to an activating group) is 1. The fraction of sp³-hybridized carbons (Fsp3) is 0.107. The number of thiocarbonyl (C=S) groups is 1. The molecule has 1 aliphatic heterocycles. The van der Waals surface area contributed by atoms with Crippen molar-refractivity contribution in [2.45, 2.75) is 13.5 Å². The monoisotopic (exact) mass is 515 g/mol. The lowest BCUT2D eigenvalue weighted by Crippen LogP contribution is -2.27. The van der Waals surface area contributed by atoms with E-state index in [1.807, 2.05) is 73.8 Å². The molecule has 0 atom stereocenters. The number of rotatable bonds is 7. The van der Waals surface area contributed by atoms with Crippen LogP contribution in [-0.4, -0.2) is 31.5 Å². The SMILES string of the molecule is CCN1C(=O)/C(=C/c2cn(-c3ccccc3)nc2-c2ccc(OCc3ccc(F)cc3)cc2)SC1=S. The number of carbonyl (C=O) groups is 1. The predicted octanol–water partition coefficient (Wildman–Crippen LogP) is 6.48. The standard InChI is InChI=1S/C28H22FN3O2S2/c1-2-31-27(33)25(36-28(31)35)16-21-17-32(23-6-4-3-5-7-23)30-26(21)20-10-14-24(15-11-20)34-18-19-8-12-22(29)13-9-19/h3-17H,2,18H2,1H3/b25-16-. The van der Waals surface area contributed by atoms with E-state index in [0.717, 1.165) is 28.1 Å². The van der Waals surface area contributed by atoms with Gasteiger partial charge in [0.1, 0.15) is 22.5 Å². The molecule has 0 N–H and O–H groups in total. The second-order valence-electron chi connectivity index (χ2n) is 8.08. The number of halogens is 1. The molecule has 8 heteroatoms. The molecule has 0 spiro atoms. The number of ether oxygens (including phenoxy) is 1. The number of hydrogen-bond acceptors (Lipinski definition) is 5. The van der Waals surface area contributed by atoms with Gasteiger partial charge < -0.3 is 4.74 Å². The first-order chi connectivity index (χ1) is 17.5. The van der Waals surface area contributed by atoms with Crippen LogP contribution in [0, 0.1) is 5.82 Å². The van der Waals surface area contributed by atoms with Gasteiger partial charge >= 0.3 is 0 Å². The third-order valence-electron chi connectivity index (χ3n) is 5.69. The topological polar surface area (TPSA) is 47.4 Å². The van der Waals surface area contributed by atoms with Crippen LogP contribution in [0.1, 0.15) is 18.1 Å². The molecule has 5 rings (SSSR count). The summed E-state index contributed by atoms with van der Waals surface area (Å²) >= 11 is 6.68. The average Bonchev–Trinajstić information content (AvgIpc) is 3.44. The van der Waals surface area contributed by atoms with E-state index >= 15 is 0 Å². The third kappa shape index (κ3) is 5.10. The van der Waals surface area contributed by atoms with Crippen LogP contribution in [0.5, 0.6) is 5.75 Å². The molecule has 4 aromatic rings. The van der Waals surface area contributed by atoms with Gasteiger partial charge in [-0.3, -0.25) is 9.69 Å². The van der Waals surface area contributed by atoms with Crippen molar-refractivity contribution in [3.05, 3.63) is 107 Å². The predicted molar refractivity (Wildman–Crippen MR) is 145 cm³/mol. The number of nitrogens with zero attached hydrogens (tertiary/aromatic N) is 3. The zero-order chi connectivity index (χ0) is 25.1. The van der Waals surface area contributed by atoms with Gasteiger partial charge in [-0.1, -0.05) is 54.3 Å². The van der Waals surface area contributed by atoms with E-state index in [1.54, 1.807) is 21.7 Å². The molecule has 0 unspecified atom stereocenters. The Morgan fingerprint density at radius 3 is 2.42 bits per heavy atom.